The third kappa shape index (κ3) is 3.54. The van der Waals surface area contributed by atoms with Gasteiger partial charge in [0.15, 0.2) is 0 Å². The summed E-state index contributed by atoms with van der Waals surface area (Å²) >= 11 is 0. The van der Waals surface area contributed by atoms with E-state index in [2.05, 4.69) is 0 Å². The van der Waals surface area contributed by atoms with Crippen molar-refractivity contribution >= 4 is 15.9 Å². The van der Waals surface area contributed by atoms with E-state index >= 15 is 0 Å². The van der Waals surface area contributed by atoms with Gasteiger partial charge in [-0.2, -0.15) is 8.78 Å². The van der Waals surface area contributed by atoms with Crippen molar-refractivity contribution < 1.29 is 17.2 Å². The predicted octanol–water partition coefficient (Wildman–Crippen LogP) is 0.0906. The summed E-state index contributed by atoms with van der Waals surface area (Å²) in [7, 11) is -4.60. The standard InChI is InChI=1S/C6H13F2N3O2S/c1-6(2,4(9)10)3-11-14(12,13)5(7)8/h5,11H,3H2,1-2H3,(H3,9,10). The Morgan fingerprint density at radius 2 is 2.00 bits per heavy atom. The Morgan fingerprint density at radius 1 is 1.57 bits per heavy atom. The number of alkyl halides is 2. The second-order valence-corrected chi connectivity index (χ2v) is 5.16. The van der Waals surface area contributed by atoms with Gasteiger partial charge in [0, 0.05) is 12.0 Å². The Bertz CT molecular complexity index is 313. The predicted molar refractivity (Wildman–Crippen MR) is 48.6 cm³/mol. The lowest BCUT2D eigenvalue weighted by molar-refractivity contribution is 0.231. The van der Waals surface area contributed by atoms with Crippen molar-refractivity contribution in [3.63, 3.8) is 0 Å². The highest BCUT2D eigenvalue weighted by Crippen LogP contribution is 2.13. The average Bonchev–Trinajstić information content (AvgIpc) is 2.01. The van der Waals surface area contributed by atoms with E-state index in [4.69, 9.17) is 11.1 Å². The van der Waals surface area contributed by atoms with Crippen molar-refractivity contribution in [1.82, 2.24) is 4.72 Å². The maximum atomic E-state index is 11.9. The molecule has 0 heterocycles. The molecule has 4 N–H and O–H groups in total. The van der Waals surface area contributed by atoms with Crippen molar-refractivity contribution in [3.05, 3.63) is 0 Å². The zero-order valence-electron chi connectivity index (χ0n) is 7.84. The summed E-state index contributed by atoms with van der Waals surface area (Å²) in [6, 6.07) is 0. The number of hydrogen-bond donors (Lipinski definition) is 3. The topological polar surface area (TPSA) is 96.0 Å². The third-order valence-corrected chi connectivity index (χ3v) is 2.69. The van der Waals surface area contributed by atoms with Gasteiger partial charge in [-0.05, 0) is 0 Å². The van der Waals surface area contributed by atoms with Crippen LogP contribution in [0.15, 0.2) is 0 Å². The fourth-order valence-electron chi connectivity index (χ4n) is 0.439. The second kappa shape index (κ2) is 4.18. The summed E-state index contributed by atoms with van der Waals surface area (Å²) in [5.74, 6) is -3.74. The average molecular weight is 229 g/mol. The van der Waals surface area contributed by atoms with E-state index in [0.717, 1.165) is 0 Å². The third-order valence-electron chi connectivity index (χ3n) is 1.68. The van der Waals surface area contributed by atoms with Gasteiger partial charge in [-0.15, -0.1) is 0 Å². The molecule has 5 nitrogen and oxygen atoms in total. The molecule has 0 saturated heterocycles. The molecule has 0 atom stereocenters. The van der Waals surface area contributed by atoms with Crippen LogP contribution in [0.1, 0.15) is 13.8 Å². The lowest BCUT2D eigenvalue weighted by atomic mass is 9.93. The number of halogens is 2. The number of hydrogen-bond acceptors (Lipinski definition) is 3. The largest absolute Gasteiger partial charge is 0.387 e. The molecule has 0 amide bonds. The monoisotopic (exact) mass is 229 g/mol. The fourth-order valence-corrected chi connectivity index (χ4v) is 1.13. The molecule has 84 valence electrons. The highest BCUT2D eigenvalue weighted by molar-refractivity contribution is 7.89. The maximum absolute atomic E-state index is 11.9. The zero-order valence-corrected chi connectivity index (χ0v) is 8.66. The van der Waals surface area contributed by atoms with Crippen LogP contribution in [0, 0.1) is 10.8 Å². The van der Waals surface area contributed by atoms with E-state index in [9.17, 15) is 17.2 Å². The van der Waals surface area contributed by atoms with Gasteiger partial charge in [0.05, 0.1) is 5.84 Å². The second-order valence-electron chi connectivity index (χ2n) is 3.42. The number of sulfonamides is 1. The molecular weight excluding hydrogens is 216 g/mol. The van der Waals surface area contributed by atoms with Crippen LogP contribution >= 0.6 is 0 Å². The number of rotatable bonds is 5. The lowest BCUT2D eigenvalue weighted by Crippen LogP contribution is -2.43. The van der Waals surface area contributed by atoms with Crippen molar-refractivity contribution in [2.75, 3.05) is 6.54 Å². The van der Waals surface area contributed by atoms with E-state index in [1.54, 1.807) is 4.72 Å². The zero-order chi connectivity index (χ0) is 11.6. The molecule has 0 radical (unpaired) electrons. The van der Waals surface area contributed by atoms with Gasteiger partial charge in [0.25, 0.3) is 10.0 Å². The van der Waals surface area contributed by atoms with Crippen molar-refractivity contribution in [3.8, 4) is 0 Å². The van der Waals surface area contributed by atoms with Crippen LogP contribution in [0.4, 0.5) is 8.78 Å². The molecule has 0 aliphatic rings. The number of nitrogens with two attached hydrogens (primary N) is 1. The minimum Gasteiger partial charge on any atom is -0.387 e. The summed E-state index contributed by atoms with van der Waals surface area (Å²) < 4.78 is 46.6. The van der Waals surface area contributed by atoms with Crippen LogP contribution < -0.4 is 10.5 Å². The number of nitrogens with one attached hydrogen (secondary N) is 2. The minimum absolute atomic E-state index is 0.269. The van der Waals surface area contributed by atoms with E-state index in [0.29, 0.717) is 0 Å². The van der Waals surface area contributed by atoms with Gasteiger partial charge in [-0.1, -0.05) is 13.8 Å². The summed E-state index contributed by atoms with van der Waals surface area (Å²) in [4.78, 5) is 0. The quantitative estimate of drug-likeness (QED) is 0.460. The molecule has 8 heteroatoms. The molecule has 0 rings (SSSR count). The normalized spacial score (nSPS) is 13.2. The highest BCUT2D eigenvalue weighted by atomic mass is 32.2. The molecule has 14 heavy (non-hydrogen) atoms. The fraction of sp³-hybridized carbons (Fsp3) is 0.833. The van der Waals surface area contributed by atoms with Gasteiger partial charge in [-0.3, -0.25) is 5.41 Å². The van der Waals surface area contributed by atoms with E-state index in [1.807, 2.05) is 0 Å². The van der Waals surface area contributed by atoms with Crippen LogP contribution in [0.5, 0.6) is 0 Å². The molecule has 0 aliphatic heterocycles. The molecule has 0 fully saturated rings. The van der Waals surface area contributed by atoms with E-state index in [-0.39, 0.29) is 12.4 Å². The smallest absolute Gasteiger partial charge is 0.350 e. The van der Waals surface area contributed by atoms with Gasteiger partial charge in [0.2, 0.25) is 0 Å². The molecule has 0 saturated carbocycles. The molecule has 0 aromatic rings. The molecule has 0 aromatic heterocycles. The van der Waals surface area contributed by atoms with Crippen LogP contribution in [-0.2, 0) is 10.0 Å². The Morgan fingerprint density at radius 3 is 2.29 bits per heavy atom. The van der Waals surface area contributed by atoms with Crippen LogP contribution in [0.2, 0.25) is 0 Å². The SMILES string of the molecule is CC(C)(CNS(=O)(=O)C(F)F)C(=N)N. The molecule has 0 unspecified atom stereocenters. The lowest BCUT2D eigenvalue weighted by Gasteiger charge is -2.22. The van der Waals surface area contributed by atoms with Crippen molar-refractivity contribution in [1.29, 1.82) is 5.41 Å². The maximum Gasteiger partial charge on any atom is 0.350 e. The molecule has 0 bridgehead atoms. The molecule has 0 aliphatic carbocycles. The molecular formula is C6H13F2N3O2S. The first kappa shape index (κ1) is 13.2. The van der Waals surface area contributed by atoms with Gasteiger partial charge >= 0.3 is 5.76 Å². The summed E-state index contributed by atoms with van der Waals surface area (Å²) in [5.41, 5.74) is 4.17. The van der Waals surface area contributed by atoms with Gasteiger partial charge in [0.1, 0.15) is 0 Å². The Labute approximate surface area is 81.2 Å². The first-order valence-corrected chi connectivity index (χ1v) is 5.25. The highest BCUT2D eigenvalue weighted by Gasteiger charge is 2.28. The molecule has 0 aromatic carbocycles. The summed E-state index contributed by atoms with van der Waals surface area (Å²) in [5, 5.41) is 7.07. The van der Waals surface area contributed by atoms with E-state index in [1.165, 1.54) is 13.8 Å². The Hall–Kier alpha value is -0.760. The van der Waals surface area contributed by atoms with Crippen molar-refractivity contribution in [2.24, 2.45) is 11.1 Å². The Balaban J connectivity index is 4.41. The molecule has 0 spiro atoms. The van der Waals surface area contributed by atoms with Crippen molar-refractivity contribution in [2.45, 2.75) is 19.6 Å². The first-order chi connectivity index (χ1) is 6.09. The first-order valence-electron chi connectivity index (χ1n) is 3.71. The van der Waals surface area contributed by atoms with Gasteiger partial charge < -0.3 is 5.73 Å². The van der Waals surface area contributed by atoms with Gasteiger partial charge in [-0.25, -0.2) is 13.1 Å². The van der Waals surface area contributed by atoms with Crippen LogP contribution in [0.3, 0.4) is 0 Å². The van der Waals surface area contributed by atoms with E-state index < -0.39 is 21.2 Å². The number of amidine groups is 1. The van der Waals surface area contributed by atoms with Crippen LogP contribution in [0.25, 0.3) is 0 Å². The minimum atomic E-state index is -4.60. The Kier molecular flexibility index (Phi) is 3.95. The summed E-state index contributed by atoms with van der Waals surface area (Å²) in [6.07, 6.45) is 0. The van der Waals surface area contributed by atoms with Crippen LogP contribution in [-0.4, -0.2) is 26.6 Å². The summed E-state index contributed by atoms with van der Waals surface area (Å²) in [6.45, 7) is 2.63.